The lowest BCUT2D eigenvalue weighted by Crippen LogP contribution is -2.48. The normalized spacial score (nSPS) is 18.4. The number of likely N-dealkylation sites (tertiary alicyclic amines) is 1. The van der Waals surface area contributed by atoms with Crippen LogP contribution in [0.3, 0.4) is 0 Å². The first-order valence-corrected chi connectivity index (χ1v) is 8.28. The van der Waals surface area contributed by atoms with E-state index in [2.05, 4.69) is 35.5 Å². The van der Waals surface area contributed by atoms with E-state index < -0.39 is 0 Å². The van der Waals surface area contributed by atoms with Crippen molar-refractivity contribution in [2.24, 2.45) is 12.0 Å². The van der Waals surface area contributed by atoms with Crippen molar-refractivity contribution in [2.75, 3.05) is 18.4 Å². The van der Waals surface area contributed by atoms with Crippen LogP contribution in [0.2, 0.25) is 0 Å². The number of rotatable bonds is 1. The molecule has 1 fully saturated rings. The zero-order valence-electron chi connectivity index (χ0n) is 14.0. The van der Waals surface area contributed by atoms with Gasteiger partial charge in [-0.15, -0.1) is 0 Å². The molecule has 6 heteroatoms. The first kappa shape index (κ1) is 14.9. The average molecular weight is 323 g/mol. The van der Waals surface area contributed by atoms with Gasteiger partial charge in [-0.25, -0.2) is 4.79 Å². The van der Waals surface area contributed by atoms with Gasteiger partial charge in [0.2, 0.25) is 0 Å². The first-order valence-electron chi connectivity index (χ1n) is 8.28. The minimum Gasteiger partial charge on any atom is -0.324 e. The van der Waals surface area contributed by atoms with E-state index >= 15 is 0 Å². The SMILES string of the molecule is CC1=Nc2ccccc2C12CCN(C(=O)Nc1cnn(C)c1)CC2. The van der Waals surface area contributed by atoms with Gasteiger partial charge in [0, 0.05) is 37.5 Å². The summed E-state index contributed by atoms with van der Waals surface area (Å²) in [5.74, 6) is 0. The number of nitrogens with zero attached hydrogens (tertiary/aromatic N) is 4. The molecule has 4 rings (SSSR count). The number of piperidine rings is 1. The molecule has 0 unspecified atom stereocenters. The van der Waals surface area contributed by atoms with Crippen molar-refractivity contribution in [1.82, 2.24) is 14.7 Å². The fourth-order valence-electron chi connectivity index (χ4n) is 3.87. The van der Waals surface area contributed by atoms with Crippen molar-refractivity contribution in [3.63, 3.8) is 0 Å². The van der Waals surface area contributed by atoms with Gasteiger partial charge in [-0.2, -0.15) is 5.10 Å². The Balaban J connectivity index is 1.47. The van der Waals surface area contributed by atoms with Gasteiger partial charge in [0.25, 0.3) is 0 Å². The lowest BCUT2D eigenvalue weighted by molar-refractivity contribution is 0.186. The van der Waals surface area contributed by atoms with E-state index in [1.54, 1.807) is 17.1 Å². The number of aryl methyl sites for hydroxylation is 1. The van der Waals surface area contributed by atoms with Crippen molar-refractivity contribution in [3.8, 4) is 0 Å². The summed E-state index contributed by atoms with van der Waals surface area (Å²) < 4.78 is 1.68. The Morgan fingerprint density at radius 2 is 2.00 bits per heavy atom. The van der Waals surface area contributed by atoms with Gasteiger partial charge in [0.1, 0.15) is 0 Å². The van der Waals surface area contributed by atoms with Crippen LogP contribution in [0.25, 0.3) is 0 Å². The van der Waals surface area contributed by atoms with E-state index in [0.717, 1.165) is 37.3 Å². The van der Waals surface area contributed by atoms with Gasteiger partial charge in [-0.1, -0.05) is 18.2 Å². The number of para-hydroxylation sites is 1. The highest BCUT2D eigenvalue weighted by Crippen LogP contribution is 2.46. The van der Waals surface area contributed by atoms with Gasteiger partial charge >= 0.3 is 6.03 Å². The minimum atomic E-state index is -0.0567. The Labute approximate surface area is 141 Å². The van der Waals surface area contributed by atoms with Crippen molar-refractivity contribution in [3.05, 3.63) is 42.2 Å². The summed E-state index contributed by atoms with van der Waals surface area (Å²) >= 11 is 0. The van der Waals surface area contributed by atoms with Crippen LogP contribution < -0.4 is 5.32 Å². The van der Waals surface area contributed by atoms with Crippen LogP contribution in [0.4, 0.5) is 16.2 Å². The second kappa shape index (κ2) is 5.47. The monoisotopic (exact) mass is 323 g/mol. The van der Waals surface area contributed by atoms with E-state index in [1.807, 2.05) is 18.0 Å². The van der Waals surface area contributed by atoms with Crippen molar-refractivity contribution in [1.29, 1.82) is 0 Å². The molecule has 0 atom stereocenters. The highest BCUT2D eigenvalue weighted by atomic mass is 16.2. The third-order valence-corrected chi connectivity index (χ3v) is 5.26. The fraction of sp³-hybridized carbons (Fsp3) is 0.389. The van der Waals surface area contributed by atoms with Crippen LogP contribution in [0.15, 0.2) is 41.7 Å². The quantitative estimate of drug-likeness (QED) is 0.876. The number of carbonyl (C=O) groups is 1. The molecule has 1 N–H and O–H groups in total. The number of hydrogen-bond acceptors (Lipinski definition) is 3. The lowest BCUT2D eigenvalue weighted by Gasteiger charge is -2.40. The van der Waals surface area contributed by atoms with E-state index in [1.165, 1.54) is 11.3 Å². The summed E-state index contributed by atoms with van der Waals surface area (Å²) in [7, 11) is 1.83. The van der Waals surface area contributed by atoms with E-state index in [9.17, 15) is 4.79 Å². The molecule has 1 aromatic heterocycles. The number of anilines is 1. The lowest BCUT2D eigenvalue weighted by atomic mass is 9.71. The summed E-state index contributed by atoms with van der Waals surface area (Å²) in [6, 6.07) is 8.32. The summed E-state index contributed by atoms with van der Waals surface area (Å²) in [5, 5.41) is 6.99. The van der Waals surface area contributed by atoms with Crippen LogP contribution in [0.1, 0.15) is 25.3 Å². The number of urea groups is 1. The van der Waals surface area contributed by atoms with Crippen LogP contribution in [-0.2, 0) is 12.5 Å². The van der Waals surface area contributed by atoms with Crippen molar-refractivity contribution >= 4 is 23.1 Å². The molecule has 1 aromatic carbocycles. The molecule has 124 valence electrons. The van der Waals surface area contributed by atoms with Crippen LogP contribution in [0, 0.1) is 0 Å². The molecule has 0 bridgehead atoms. The van der Waals surface area contributed by atoms with Crippen LogP contribution >= 0.6 is 0 Å². The Kier molecular flexibility index (Phi) is 3.40. The van der Waals surface area contributed by atoms with Gasteiger partial charge in [-0.05, 0) is 31.4 Å². The fourth-order valence-corrected chi connectivity index (χ4v) is 3.87. The molecule has 3 heterocycles. The van der Waals surface area contributed by atoms with Gasteiger partial charge in [-0.3, -0.25) is 9.67 Å². The van der Waals surface area contributed by atoms with E-state index in [4.69, 9.17) is 4.99 Å². The Hall–Kier alpha value is -2.63. The van der Waals surface area contributed by atoms with Gasteiger partial charge in [0.15, 0.2) is 0 Å². The van der Waals surface area contributed by atoms with Gasteiger partial charge in [0.05, 0.1) is 17.6 Å². The zero-order chi connectivity index (χ0) is 16.7. The molecule has 0 saturated carbocycles. The molecule has 2 aliphatic heterocycles. The third kappa shape index (κ3) is 2.29. The standard InChI is InChI=1S/C18H21N5O/c1-13-18(15-5-3-4-6-16(15)20-13)7-9-23(10-8-18)17(24)21-14-11-19-22(2)12-14/h3-6,11-12H,7-10H2,1-2H3,(H,21,24). The molecule has 1 spiro atoms. The van der Waals surface area contributed by atoms with Crippen LogP contribution in [0.5, 0.6) is 0 Å². The largest absolute Gasteiger partial charge is 0.324 e. The molecular formula is C18H21N5O. The molecule has 0 aliphatic carbocycles. The maximum absolute atomic E-state index is 12.5. The smallest absolute Gasteiger partial charge is 0.321 e. The first-order chi connectivity index (χ1) is 11.6. The van der Waals surface area contributed by atoms with E-state index in [-0.39, 0.29) is 11.4 Å². The Morgan fingerprint density at radius 1 is 1.25 bits per heavy atom. The average Bonchev–Trinajstić information content (AvgIpc) is 3.10. The highest BCUT2D eigenvalue weighted by molar-refractivity contribution is 6.00. The summed E-state index contributed by atoms with van der Waals surface area (Å²) in [6.07, 6.45) is 5.29. The van der Waals surface area contributed by atoms with E-state index in [0.29, 0.717) is 0 Å². The highest BCUT2D eigenvalue weighted by Gasteiger charge is 2.44. The number of fused-ring (bicyclic) bond motifs is 2. The second-order valence-corrected chi connectivity index (χ2v) is 6.62. The summed E-state index contributed by atoms with van der Waals surface area (Å²) in [5.41, 5.74) is 4.31. The van der Waals surface area contributed by atoms with Crippen molar-refractivity contribution < 1.29 is 4.79 Å². The number of hydrogen-bond donors (Lipinski definition) is 1. The summed E-state index contributed by atoms with van der Waals surface area (Å²) in [6.45, 7) is 3.58. The summed E-state index contributed by atoms with van der Waals surface area (Å²) in [4.78, 5) is 19.1. The predicted octanol–water partition coefficient (Wildman–Crippen LogP) is 3.09. The maximum atomic E-state index is 12.5. The number of amides is 2. The Bertz CT molecular complexity index is 814. The zero-order valence-corrected chi connectivity index (χ0v) is 14.0. The molecular weight excluding hydrogens is 302 g/mol. The number of benzene rings is 1. The molecule has 0 radical (unpaired) electrons. The number of nitrogens with one attached hydrogen (secondary N) is 1. The molecule has 6 nitrogen and oxygen atoms in total. The maximum Gasteiger partial charge on any atom is 0.321 e. The van der Waals surface area contributed by atoms with Crippen molar-refractivity contribution in [2.45, 2.75) is 25.2 Å². The molecule has 2 aromatic rings. The van der Waals surface area contributed by atoms with Gasteiger partial charge < -0.3 is 10.2 Å². The molecule has 24 heavy (non-hydrogen) atoms. The number of aliphatic imine (C=N–C) groups is 1. The topological polar surface area (TPSA) is 62.5 Å². The molecule has 1 saturated heterocycles. The third-order valence-electron chi connectivity index (χ3n) is 5.26. The van der Waals surface area contributed by atoms with Crippen LogP contribution in [-0.4, -0.2) is 39.5 Å². The predicted molar refractivity (Wildman–Crippen MR) is 93.9 cm³/mol. The number of aromatic nitrogens is 2. The number of carbonyl (C=O) groups excluding carboxylic acids is 1. The Morgan fingerprint density at radius 3 is 2.71 bits per heavy atom. The molecule has 2 amide bonds. The second-order valence-electron chi connectivity index (χ2n) is 6.62. The molecule has 2 aliphatic rings. The minimum absolute atomic E-state index is 0.00166.